The van der Waals surface area contributed by atoms with Gasteiger partial charge in [-0.25, -0.2) is 4.79 Å². The fraction of sp³-hybridized carbons (Fsp3) is 0.500. The summed E-state index contributed by atoms with van der Waals surface area (Å²) in [5.41, 5.74) is -0.390. The number of hydrogen-bond acceptors (Lipinski definition) is 6. The molecule has 0 N–H and O–H groups in total. The Kier molecular flexibility index (Phi) is 5.84. The van der Waals surface area contributed by atoms with Crippen LogP contribution in [0.3, 0.4) is 0 Å². The largest absolute Gasteiger partial charge is 0.465 e. The monoisotopic (exact) mass is 323 g/mol. The van der Waals surface area contributed by atoms with Gasteiger partial charge in [0, 0.05) is 24.5 Å². The van der Waals surface area contributed by atoms with E-state index in [4.69, 9.17) is 9.47 Å². The lowest BCUT2D eigenvalue weighted by atomic mass is 9.98. The van der Waals surface area contributed by atoms with Crippen molar-refractivity contribution < 1.29 is 24.0 Å². The van der Waals surface area contributed by atoms with Gasteiger partial charge < -0.3 is 9.47 Å². The summed E-state index contributed by atoms with van der Waals surface area (Å²) >= 11 is 0. The van der Waals surface area contributed by atoms with Gasteiger partial charge in [0.15, 0.2) is 0 Å². The molecule has 1 atom stereocenters. The van der Waals surface area contributed by atoms with Crippen LogP contribution >= 0.6 is 0 Å². The molecule has 0 saturated heterocycles. The molecule has 0 spiro atoms. The standard InChI is InChI=1S/C16H21NO6/c1-10(9-22-11(2)18)13-7-6-12(8-14(13)17(20)21)15(19)23-16(3,4)5/h6-8,10H,9H2,1-5H3. The average molecular weight is 323 g/mol. The molecule has 1 rings (SSSR count). The lowest BCUT2D eigenvalue weighted by Gasteiger charge is -2.19. The number of carbonyl (C=O) groups is 2. The second kappa shape index (κ2) is 7.21. The van der Waals surface area contributed by atoms with Crippen LogP contribution in [0.5, 0.6) is 0 Å². The first-order valence-electron chi connectivity index (χ1n) is 7.16. The Morgan fingerprint density at radius 1 is 1.30 bits per heavy atom. The topological polar surface area (TPSA) is 95.7 Å². The van der Waals surface area contributed by atoms with E-state index in [1.165, 1.54) is 25.1 Å². The third kappa shape index (κ3) is 5.69. The summed E-state index contributed by atoms with van der Waals surface area (Å²) in [6.07, 6.45) is 0. The van der Waals surface area contributed by atoms with Crippen LogP contribution in [0.4, 0.5) is 5.69 Å². The SMILES string of the molecule is CC(=O)OCC(C)c1ccc(C(=O)OC(C)(C)C)cc1[N+](=O)[O-]. The van der Waals surface area contributed by atoms with Crippen molar-refractivity contribution in [2.45, 2.75) is 46.1 Å². The molecule has 0 aliphatic carbocycles. The van der Waals surface area contributed by atoms with Crippen LogP contribution in [-0.2, 0) is 14.3 Å². The fourth-order valence-corrected chi connectivity index (χ4v) is 1.91. The van der Waals surface area contributed by atoms with Crippen LogP contribution in [0.1, 0.15) is 56.5 Å². The highest BCUT2D eigenvalue weighted by molar-refractivity contribution is 5.90. The molecule has 0 bridgehead atoms. The zero-order chi connectivity index (χ0) is 17.8. The summed E-state index contributed by atoms with van der Waals surface area (Å²) in [4.78, 5) is 33.6. The molecule has 1 aromatic rings. The molecule has 0 radical (unpaired) electrons. The van der Waals surface area contributed by atoms with E-state index in [9.17, 15) is 19.7 Å². The molecular formula is C16H21NO6. The third-order valence-corrected chi connectivity index (χ3v) is 2.93. The smallest absolute Gasteiger partial charge is 0.338 e. The Morgan fingerprint density at radius 2 is 1.91 bits per heavy atom. The minimum Gasteiger partial charge on any atom is -0.465 e. The summed E-state index contributed by atoms with van der Waals surface area (Å²) < 4.78 is 10.1. The molecule has 1 unspecified atom stereocenters. The molecule has 1 aromatic carbocycles. The number of benzene rings is 1. The number of nitrogens with zero attached hydrogens (tertiary/aromatic N) is 1. The highest BCUT2D eigenvalue weighted by atomic mass is 16.6. The first-order chi connectivity index (χ1) is 10.5. The summed E-state index contributed by atoms with van der Waals surface area (Å²) in [5.74, 6) is -1.45. The van der Waals surface area contributed by atoms with E-state index in [1.807, 2.05) is 0 Å². The Balaban J connectivity index is 3.09. The first-order valence-corrected chi connectivity index (χ1v) is 7.16. The quantitative estimate of drug-likeness (QED) is 0.469. The van der Waals surface area contributed by atoms with Crippen molar-refractivity contribution in [1.29, 1.82) is 0 Å². The molecule has 7 heteroatoms. The number of ether oxygens (including phenoxy) is 2. The van der Waals surface area contributed by atoms with E-state index in [-0.39, 0.29) is 23.8 Å². The first kappa shape index (κ1) is 18.6. The van der Waals surface area contributed by atoms with Crippen molar-refractivity contribution in [1.82, 2.24) is 0 Å². The van der Waals surface area contributed by atoms with Crippen molar-refractivity contribution in [3.05, 3.63) is 39.4 Å². The van der Waals surface area contributed by atoms with Crippen molar-refractivity contribution in [3.63, 3.8) is 0 Å². The van der Waals surface area contributed by atoms with Crippen LogP contribution in [-0.4, -0.2) is 29.1 Å². The third-order valence-electron chi connectivity index (χ3n) is 2.93. The van der Waals surface area contributed by atoms with Gasteiger partial charge in [0.1, 0.15) is 5.60 Å². The minimum absolute atomic E-state index is 0.0297. The number of hydrogen-bond donors (Lipinski definition) is 0. The minimum atomic E-state index is -0.687. The summed E-state index contributed by atoms with van der Waals surface area (Å²) in [6.45, 7) is 8.16. The predicted octanol–water partition coefficient (Wildman–Crippen LogP) is 3.22. The molecule has 0 amide bonds. The van der Waals surface area contributed by atoms with Crippen molar-refractivity contribution in [2.75, 3.05) is 6.61 Å². The molecule has 0 aliphatic rings. The molecule has 0 saturated carbocycles. The van der Waals surface area contributed by atoms with E-state index in [0.717, 1.165) is 0 Å². The summed E-state index contributed by atoms with van der Waals surface area (Å²) in [7, 11) is 0. The van der Waals surface area contributed by atoms with Gasteiger partial charge in [-0.3, -0.25) is 14.9 Å². The second-order valence-electron chi connectivity index (χ2n) is 6.24. The molecular weight excluding hydrogens is 302 g/mol. The molecule has 0 aliphatic heterocycles. The van der Waals surface area contributed by atoms with Crippen LogP contribution < -0.4 is 0 Å². The lowest BCUT2D eigenvalue weighted by molar-refractivity contribution is -0.385. The second-order valence-corrected chi connectivity index (χ2v) is 6.24. The van der Waals surface area contributed by atoms with E-state index < -0.39 is 22.5 Å². The highest BCUT2D eigenvalue weighted by Gasteiger charge is 2.24. The van der Waals surface area contributed by atoms with Crippen LogP contribution in [0.2, 0.25) is 0 Å². The maximum atomic E-state index is 12.0. The Hall–Kier alpha value is -2.44. The van der Waals surface area contributed by atoms with Gasteiger partial charge in [-0.05, 0) is 26.8 Å². The van der Waals surface area contributed by atoms with E-state index >= 15 is 0 Å². The number of nitro benzene ring substituents is 1. The van der Waals surface area contributed by atoms with Crippen molar-refractivity contribution in [2.24, 2.45) is 0 Å². The average Bonchev–Trinajstić information content (AvgIpc) is 2.42. The lowest BCUT2D eigenvalue weighted by Crippen LogP contribution is -2.24. The number of nitro groups is 1. The van der Waals surface area contributed by atoms with Crippen LogP contribution in [0.25, 0.3) is 0 Å². The van der Waals surface area contributed by atoms with Crippen molar-refractivity contribution >= 4 is 17.6 Å². The van der Waals surface area contributed by atoms with E-state index in [2.05, 4.69) is 0 Å². The molecule has 0 fully saturated rings. The van der Waals surface area contributed by atoms with Crippen molar-refractivity contribution in [3.8, 4) is 0 Å². The van der Waals surface area contributed by atoms with E-state index in [1.54, 1.807) is 27.7 Å². The molecule has 23 heavy (non-hydrogen) atoms. The van der Waals surface area contributed by atoms with Crippen LogP contribution in [0.15, 0.2) is 18.2 Å². The summed E-state index contributed by atoms with van der Waals surface area (Å²) in [5, 5.41) is 11.3. The van der Waals surface area contributed by atoms with Crippen LogP contribution in [0, 0.1) is 10.1 Å². The Bertz CT molecular complexity index is 617. The maximum absolute atomic E-state index is 12.0. The van der Waals surface area contributed by atoms with Gasteiger partial charge in [0.05, 0.1) is 17.1 Å². The van der Waals surface area contributed by atoms with Gasteiger partial charge >= 0.3 is 11.9 Å². The van der Waals surface area contributed by atoms with Gasteiger partial charge in [-0.15, -0.1) is 0 Å². The predicted molar refractivity (Wildman–Crippen MR) is 83.3 cm³/mol. The molecule has 0 aromatic heterocycles. The van der Waals surface area contributed by atoms with Gasteiger partial charge in [-0.2, -0.15) is 0 Å². The van der Waals surface area contributed by atoms with Gasteiger partial charge in [0.25, 0.3) is 5.69 Å². The maximum Gasteiger partial charge on any atom is 0.338 e. The Morgan fingerprint density at radius 3 is 2.39 bits per heavy atom. The normalized spacial score (nSPS) is 12.4. The fourth-order valence-electron chi connectivity index (χ4n) is 1.91. The number of carbonyl (C=O) groups excluding carboxylic acids is 2. The summed E-state index contributed by atoms with van der Waals surface area (Å²) in [6, 6.07) is 4.15. The number of esters is 2. The Labute approximate surface area is 134 Å². The zero-order valence-electron chi connectivity index (χ0n) is 13.9. The van der Waals surface area contributed by atoms with Gasteiger partial charge in [0.2, 0.25) is 0 Å². The zero-order valence-corrected chi connectivity index (χ0v) is 13.9. The van der Waals surface area contributed by atoms with Gasteiger partial charge in [-0.1, -0.05) is 13.0 Å². The molecule has 7 nitrogen and oxygen atoms in total. The highest BCUT2D eigenvalue weighted by Crippen LogP contribution is 2.28. The molecule has 126 valence electrons. The number of rotatable bonds is 5. The molecule has 0 heterocycles. The van der Waals surface area contributed by atoms with E-state index in [0.29, 0.717) is 5.56 Å².